The summed E-state index contributed by atoms with van der Waals surface area (Å²) in [4.78, 5) is 15.1. The lowest BCUT2D eigenvalue weighted by molar-refractivity contribution is 0.0734. The SMILES string of the molecule is NC(=S)Cc1cccc(C(=O)N2CCc3ccccc3C2)c1. The van der Waals surface area contributed by atoms with Crippen molar-refractivity contribution in [3.63, 3.8) is 0 Å². The van der Waals surface area contributed by atoms with Crippen LogP contribution >= 0.6 is 12.2 Å². The van der Waals surface area contributed by atoms with E-state index in [4.69, 9.17) is 18.0 Å². The first-order chi connectivity index (χ1) is 10.6. The normalized spacial score (nSPS) is 13.5. The van der Waals surface area contributed by atoms with Gasteiger partial charge in [-0.1, -0.05) is 48.6 Å². The van der Waals surface area contributed by atoms with Crippen LogP contribution in [0.2, 0.25) is 0 Å². The molecule has 3 rings (SSSR count). The van der Waals surface area contributed by atoms with Crippen molar-refractivity contribution in [2.45, 2.75) is 19.4 Å². The topological polar surface area (TPSA) is 46.3 Å². The van der Waals surface area contributed by atoms with Gasteiger partial charge in [0.2, 0.25) is 0 Å². The van der Waals surface area contributed by atoms with E-state index in [-0.39, 0.29) is 5.91 Å². The predicted molar refractivity (Wildman–Crippen MR) is 91.8 cm³/mol. The molecule has 4 heteroatoms. The van der Waals surface area contributed by atoms with Crippen LogP contribution in [0.1, 0.15) is 27.0 Å². The van der Waals surface area contributed by atoms with Crippen molar-refractivity contribution in [1.82, 2.24) is 4.90 Å². The summed E-state index contributed by atoms with van der Waals surface area (Å²) in [6.07, 6.45) is 1.44. The van der Waals surface area contributed by atoms with Crippen molar-refractivity contribution in [2.75, 3.05) is 6.54 Å². The smallest absolute Gasteiger partial charge is 0.254 e. The zero-order valence-corrected chi connectivity index (χ0v) is 13.1. The van der Waals surface area contributed by atoms with Crippen molar-refractivity contribution in [2.24, 2.45) is 5.73 Å². The van der Waals surface area contributed by atoms with Crippen LogP contribution in [-0.4, -0.2) is 22.3 Å². The Hall–Kier alpha value is -2.20. The summed E-state index contributed by atoms with van der Waals surface area (Å²) < 4.78 is 0. The molecule has 1 aliphatic heterocycles. The summed E-state index contributed by atoms with van der Waals surface area (Å²) in [6, 6.07) is 15.9. The Morgan fingerprint density at radius 2 is 1.91 bits per heavy atom. The maximum absolute atomic E-state index is 12.7. The summed E-state index contributed by atoms with van der Waals surface area (Å²) in [5, 5.41) is 0. The molecule has 1 amide bonds. The van der Waals surface area contributed by atoms with Crippen LogP contribution in [0.25, 0.3) is 0 Å². The second-order valence-corrected chi connectivity index (χ2v) is 6.11. The van der Waals surface area contributed by atoms with E-state index in [0.29, 0.717) is 23.5 Å². The number of fused-ring (bicyclic) bond motifs is 1. The highest BCUT2D eigenvalue weighted by molar-refractivity contribution is 7.80. The van der Waals surface area contributed by atoms with Gasteiger partial charge in [0, 0.05) is 25.1 Å². The van der Waals surface area contributed by atoms with Crippen LogP contribution in [0.15, 0.2) is 48.5 Å². The van der Waals surface area contributed by atoms with Gasteiger partial charge in [0.15, 0.2) is 0 Å². The molecule has 0 unspecified atom stereocenters. The Balaban J connectivity index is 1.79. The van der Waals surface area contributed by atoms with Gasteiger partial charge >= 0.3 is 0 Å². The van der Waals surface area contributed by atoms with E-state index in [1.807, 2.05) is 35.2 Å². The van der Waals surface area contributed by atoms with Gasteiger partial charge < -0.3 is 10.6 Å². The van der Waals surface area contributed by atoms with Gasteiger partial charge in [0.05, 0.1) is 4.99 Å². The zero-order valence-electron chi connectivity index (χ0n) is 12.3. The first-order valence-electron chi connectivity index (χ1n) is 7.37. The number of carbonyl (C=O) groups excluding carboxylic acids is 1. The van der Waals surface area contributed by atoms with Gasteiger partial charge in [-0.25, -0.2) is 0 Å². The molecule has 0 bridgehead atoms. The molecule has 112 valence electrons. The number of nitrogens with zero attached hydrogens (tertiary/aromatic N) is 1. The molecule has 0 atom stereocenters. The Kier molecular flexibility index (Phi) is 4.20. The van der Waals surface area contributed by atoms with Gasteiger partial charge in [-0.2, -0.15) is 0 Å². The van der Waals surface area contributed by atoms with Gasteiger partial charge in [-0.05, 0) is 35.2 Å². The lowest BCUT2D eigenvalue weighted by Gasteiger charge is -2.29. The van der Waals surface area contributed by atoms with Crippen molar-refractivity contribution >= 4 is 23.1 Å². The standard InChI is InChI=1S/C18H18N2OS/c19-17(22)11-13-4-3-7-15(10-13)18(21)20-9-8-14-5-1-2-6-16(14)12-20/h1-7,10H,8-9,11-12H2,(H2,19,22). The molecule has 22 heavy (non-hydrogen) atoms. The van der Waals surface area contributed by atoms with Crippen LogP contribution in [0.3, 0.4) is 0 Å². The fraction of sp³-hybridized carbons (Fsp3) is 0.222. The molecule has 0 saturated heterocycles. The molecule has 0 aromatic heterocycles. The molecule has 2 aromatic carbocycles. The minimum atomic E-state index is 0.0688. The third-order valence-corrected chi connectivity index (χ3v) is 4.11. The molecular formula is C18H18N2OS. The van der Waals surface area contributed by atoms with Crippen LogP contribution in [0.4, 0.5) is 0 Å². The monoisotopic (exact) mass is 310 g/mol. The van der Waals surface area contributed by atoms with Crippen molar-refractivity contribution in [1.29, 1.82) is 0 Å². The number of amides is 1. The molecule has 0 spiro atoms. The average Bonchev–Trinajstić information content (AvgIpc) is 2.53. The van der Waals surface area contributed by atoms with Gasteiger partial charge in [0.25, 0.3) is 5.91 Å². The van der Waals surface area contributed by atoms with Crippen LogP contribution in [-0.2, 0) is 19.4 Å². The number of carbonyl (C=O) groups is 1. The van der Waals surface area contributed by atoms with E-state index in [2.05, 4.69) is 18.2 Å². The number of thiocarbonyl (C=S) groups is 1. The zero-order chi connectivity index (χ0) is 15.5. The molecular weight excluding hydrogens is 292 g/mol. The molecule has 1 heterocycles. The van der Waals surface area contributed by atoms with E-state index in [1.54, 1.807) is 0 Å². The number of nitrogens with two attached hydrogens (primary N) is 1. The van der Waals surface area contributed by atoms with Gasteiger partial charge in [-0.3, -0.25) is 4.79 Å². The number of hydrogen-bond acceptors (Lipinski definition) is 2. The van der Waals surface area contributed by atoms with Crippen LogP contribution < -0.4 is 5.73 Å². The van der Waals surface area contributed by atoms with E-state index in [1.165, 1.54) is 11.1 Å². The predicted octanol–water partition coefficient (Wildman–Crippen LogP) is 2.71. The first-order valence-corrected chi connectivity index (χ1v) is 7.77. The highest BCUT2D eigenvalue weighted by Gasteiger charge is 2.21. The second kappa shape index (κ2) is 6.28. The van der Waals surface area contributed by atoms with Gasteiger partial charge in [-0.15, -0.1) is 0 Å². The summed E-state index contributed by atoms with van der Waals surface area (Å²) >= 11 is 4.94. The van der Waals surface area contributed by atoms with Crippen molar-refractivity contribution in [3.05, 3.63) is 70.8 Å². The summed E-state index contributed by atoms with van der Waals surface area (Å²) in [5.41, 5.74) is 9.85. The third-order valence-electron chi connectivity index (χ3n) is 3.97. The summed E-state index contributed by atoms with van der Waals surface area (Å²) in [7, 11) is 0. The molecule has 2 aromatic rings. The molecule has 0 saturated carbocycles. The van der Waals surface area contributed by atoms with E-state index < -0.39 is 0 Å². The second-order valence-electron chi connectivity index (χ2n) is 5.59. The fourth-order valence-corrected chi connectivity index (χ4v) is 3.03. The van der Waals surface area contributed by atoms with Crippen molar-refractivity contribution < 1.29 is 4.79 Å². The number of benzene rings is 2. The number of hydrogen-bond donors (Lipinski definition) is 1. The highest BCUT2D eigenvalue weighted by Crippen LogP contribution is 2.20. The quantitative estimate of drug-likeness (QED) is 0.887. The number of rotatable bonds is 3. The summed E-state index contributed by atoms with van der Waals surface area (Å²) in [6.45, 7) is 1.43. The minimum Gasteiger partial charge on any atom is -0.393 e. The lowest BCUT2D eigenvalue weighted by atomic mass is 9.99. The molecule has 3 nitrogen and oxygen atoms in total. The van der Waals surface area contributed by atoms with Crippen LogP contribution in [0, 0.1) is 0 Å². The average molecular weight is 310 g/mol. The third kappa shape index (κ3) is 3.17. The molecule has 2 N–H and O–H groups in total. The Bertz CT molecular complexity index is 727. The maximum atomic E-state index is 12.7. The van der Waals surface area contributed by atoms with E-state index in [9.17, 15) is 4.79 Å². The van der Waals surface area contributed by atoms with Crippen LogP contribution in [0.5, 0.6) is 0 Å². The molecule has 0 fully saturated rings. The fourth-order valence-electron chi connectivity index (χ4n) is 2.87. The van der Waals surface area contributed by atoms with Crippen molar-refractivity contribution in [3.8, 4) is 0 Å². The Labute approximate surface area is 135 Å². The molecule has 0 radical (unpaired) electrons. The largest absolute Gasteiger partial charge is 0.393 e. The maximum Gasteiger partial charge on any atom is 0.254 e. The first kappa shape index (κ1) is 14.7. The Morgan fingerprint density at radius 1 is 1.14 bits per heavy atom. The Morgan fingerprint density at radius 3 is 2.68 bits per heavy atom. The molecule has 1 aliphatic rings. The minimum absolute atomic E-state index is 0.0688. The van der Waals surface area contributed by atoms with E-state index >= 15 is 0 Å². The molecule has 0 aliphatic carbocycles. The lowest BCUT2D eigenvalue weighted by Crippen LogP contribution is -2.36. The summed E-state index contributed by atoms with van der Waals surface area (Å²) in [5.74, 6) is 0.0688. The van der Waals surface area contributed by atoms with Gasteiger partial charge in [0.1, 0.15) is 0 Å². The van der Waals surface area contributed by atoms with E-state index in [0.717, 1.165) is 18.5 Å². The highest BCUT2D eigenvalue weighted by atomic mass is 32.1.